The average Bonchev–Trinajstić information content (AvgIpc) is 3.16. The Kier molecular flexibility index (Phi) is 5.21. The van der Waals surface area contributed by atoms with E-state index >= 15 is 0 Å². The second-order valence-corrected chi connectivity index (χ2v) is 10.4. The van der Waals surface area contributed by atoms with E-state index in [1.54, 1.807) is 16.4 Å². The van der Waals surface area contributed by atoms with Gasteiger partial charge in [0.1, 0.15) is 11.9 Å². The molecule has 2 heterocycles. The van der Waals surface area contributed by atoms with Gasteiger partial charge in [0.05, 0.1) is 4.90 Å². The molecule has 0 spiro atoms. The highest BCUT2D eigenvalue weighted by Crippen LogP contribution is 2.36. The lowest BCUT2D eigenvalue weighted by atomic mass is 9.87. The van der Waals surface area contributed by atoms with Gasteiger partial charge in [-0.2, -0.15) is 4.31 Å². The zero-order valence-corrected chi connectivity index (χ0v) is 17.9. The quantitative estimate of drug-likeness (QED) is 0.754. The number of benzene rings is 2. The Morgan fingerprint density at radius 1 is 0.966 bits per heavy atom. The molecule has 0 N–H and O–H groups in total. The zero-order valence-electron chi connectivity index (χ0n) is 17.1. The highest BCUT2D eigenvalue weighted by Gasteiger charge is 2.30. The van der Waals surface area contributed by atoms with Crippen LogP contribution in [-0.2, 0) is 15.4 Å². The normalized spacial score (nSPS) is 18.0. The summed E-state index contributed by atoms with van der Waals surface area (Å²) in [4.78, 5) is 0.348. The van der Waals surface area contributed by atoms with E-state index in [0.717, 1.165) is 11.3 Å². The van der Waals surface area contributed by atoms with Crippen molar-refractivity contribution >= 4 is 10.0 Å². The van der Waals surface area contributed by atoms with E-state index in [1.165, 1.54) is 0 Å². The maximum atomic E-state index is 13.0. The Balaban J connectivity index is 1.38. The average molecular weight is 418 g/mol. The Morgan fingerprint density at radius 3 is 2.28 bits per heavy atom. The Morgan fingerprint density at radius 2 is 1.62 bits per heavy atom. The van der Waals surface area contributed by atoms with Crippen molar-refractivity contribution in [2.45, 2.75) is 50.0 Å². The molecule has 156 valence electrons. The lowest BCUT2D eigenvalue weighted by Gasteiger charge is -2.31. The standard InChI is InChI=1S/C22H27NO5S/c1-22(2,3)16-4-7-19(8-5-16)29(24,25)23-12-10-17(11-13-23)28-18-6-9-20-21(14-18)27-15-26-20/h4-9,14,17H,10-13,15H2,1-3H3. The lowest BCUT2D eigenvalue weighted by molar-refractivity contribution is 0.134. The van der Waals surface area contributed by atoms with Crippen molar-refractivity contribution in [2.24, 2.45) is 0 Å². The third-order valence-corrected chi connectivity index (χ3v) is 7.32. The molecule has 0 aliphatic carbocycles. The molecule has 1 saturated heterocycles. The molecule has 4 rings (SSSR count). The number of sulfonamides is 1. The van der Waals surface area contributed by atoms with E-state index in [-0.39, 0.29) is 18.3 Å². The van der Waals surface area contributed by atoms with Crippen LogP contribution in [-0.4, -0.2) is 38.7 Å². The predicted octanol–water partition coefficient (Wildman–Crippen LogP) is 3.94. The fourth-order valence-electron chi connectivity index (χ4n) is 3.61. The topological polar surface area (TPSA) is 65.1 Å². The summed E-state index contributed by atoms with van der Waals surface area (Å²) >= 11 is 0. The van der Waals surface area contributed by atoms with E-state index in [1.807, 2.05) is 30.3 Å². The maximum Gasteiger partial charge on any atom is 0.243 e. The van der Waals surface area contributed by atoms with Crippen LogP contribution in [0.3, 0.4) is 0 Å². The second-order valence-electron chi connectivity index (χ2n) is 8.51. The molecule has 0 radical (unpaired) electrons. The molecule has 2 aromatic rings. The molecular formula is C22H27NO5S. The third kappa shape index (κ3) is 4.21. The van der Waals surface area contributed by atoms with E-state index in [9.17, 15) is 8.42 Å². The molecule has 0 atom stereocenters. The highest BCUT2D eigenvalue weighted by molar-refractivity contribution is 7.89. The summed E-state index contributed by atoms with van der Waals surface area (Å²) in [5, 5.41) is 0. The van der Waals surface area contributed by atoms with Crippen molar-refractivity contribution in [1.29, 1.82) is 0 Å². The van der Waals surface area contributed by atoms with Gasteiger partial charge in [-0.3, -0.25) is 0 Å². The number of fused-ring (bicyclic) bond motifs is 1. The Hall–Kier alpha value is -2.25. The number of piperidine rings is 1. The maximum absolute atomic E-state index is 13.0. The summed E-state index contributed by atoms with van der Waals surface area (Å²) in [7, 11) is -3.49. The van der Waals surface area contributed by atoms with E-state index in [0.29, 0.717) is 42.3 Å². The molecule has 2 aliphatic rings. The van der Waals surface area contributed by atoms with Gasteiger partial charge in [-0.15, -0.1) is 0 Å². The van der Waals surface area contributed by atoms with Gasteiger partial charge in [0.15, 0.2) is 11.5 Å². The SMILES string of the molecule is CC(C)(C)c1ccc(S(=O)(=O)N2CCC(Oc3ccc4c(c3)OCO4)CC2)cc1. The molecule has 2 aromatic carbocycles. The minimum atomic E-state index is -3.49. The summed E-state index contributed by atoms with van der Waals surface area (Å²) in [6, 6.07) is 12.7. The number of hydrogen-bond acceptors (Lipinski definition) is 5. The lowest BCUT2D eigenvalue weighted by Crippen LogP contribution is -2.41. The fraction of sp³-hybridized carbons (Fsp3) is 0.455. The zero-order chi connectivity index (χ0) is 20.6. The molecule has 2 aliphatic heterocycles. The molecule has 6 nitrogen and oxygen atoms in total. The summed E-state index contributed by atoms with van der Waals surface area (Å²) < 4.78 is 44.3. The van der Waals surface area contributed by atoms with Crippen LogP contribution in [0.15, 0.2) is 47.4 Å². The van der Waals surface area contributed by atoms with Crippen LogP contribution in [0, 0.1) is 0 Å². The monoisotopic (exact) mass is 417 g/mol. The van der Waals surface area contributed by atoms with Crippen molar-refractivity contribution in [3.8, 4) is 17.2 Å². The van der Waals surface area contributed by atoms with Gasteiger partial charge in [-0.05, 0) is 48.1 Å². The van der Waals surface area contributed by atoms with Crippen LogP contribution in [0.2, 0.25) is 0 Å². The fourth-order valence-corrected chi connectivity index (χ4v) is 5.08. The summed E-state index contributed by atoms with van der Waals surface area (Å²) in [6.45, 7) is 7.45. The van der Waals surface area contributed by atoms with Gasteiger partial charge in [-0.1, -0.05) is 32.9 Å². The molecule has 0 unspecified atom stereocenters. The van der Waals surface area contributed by atoms with Gasteiger partial charge in [0.25, 0.3) is 0 Å². The minimum Gasteiger partial charge on any atom is -0.490 e. The van der Waals surface area contributed by atoms with Gasteiger partial charge in [0.2, 0.25) is 16.8 Å². The number of hydrogen-bond donors (Lipinski definition) is 0. The number of rotatable bonds is 4. The molecule has 0 bridgehead atoms. The Bertz CT molecular complexity index is 971. The van der Waals surface area contributed by atoms with Crippen LogP contribution >= 0.6 is 0 Å². The van der Waals surface area contributed by atoms with Gasteiger partial charge < -0.3 is 14.2 Å². The molecule has 0 aromatic heterocycles. The van der Waals surface area contributed by atoms with Gasteiger partial charge in [-0.25, -0.2) is 8.42 Å². The van der Waals surface area contributed by atoms with Crippen molar-refractivity contribution in [2.75, 3.05) is 19.9 Å². The molecular weight excluding hydrogens is 390 g/mol. The first-order chi connectivity index (χ1) is 13.7. The smallest absolute Gasteiger partial charge is 0.243 e. The van der Waals surface area contributed by atoms with Crippen LogP contribution in [0.4, 0.5) is 0 Å². The van der Waals surface area contributed by atoms with Crippen molar-refractivity contribution < 1.29 is 22.6 Å². The summed E-state index contributed by atoms with van der Waals surface area (Å²) in [5.74, 6) is 2.12. The van der Waals surface area contributed by atoms with Crippen LogP contribution in [0.1, 0.15) is 39.2 Å². The molecule has 7 heteroatoms. The first-order valence-electron chi connectivity index (χ1n) is 9.90. The molecule has 29 heavy (non-hydrogen) atoms. The van der Waals surface area contributed by atoms with Crippen molar-refractivity contribution in [3.05, 3.63) is 48.0 Å². The minimum absolute atomic E-state index is 0.00724. The van der Waals surface area contributed by atoms with Crippen molar-refractivity contribution in [3.63, 3.8) is 0 Å². The van der Waals surface area contributed by atoms with Gasteiger partial charge in [0, 0.05) is 19.2 Å². The van der Waals surface area contributed by atoms with Crippen molar-refractivity contribution in [1.82, 2.24) is 4.31 Å². The Labute approximate surface area is 172 Å². The first kappa shape index (κ1) is 20.0. The number of nitrogens with zero attached hydrogens (tertiary/aromatic N) is 1. The van der Waals surface area contributed by atoms with Crippen LogP contribution < -0.4 is 14.2 Å². The first-order valence-corrected chi connectivity index (χ1v) is 11.3. The van der Waals surface area contributed by atoms with Gasteiger partial charge >= 0.3 is 0 Å². The largest absolute Gasteiger partial charge is 0.490 e. The predicted molar refractivity (Wildman–Crippen MR) is 110 cm³/mol. The van der Waals surface area contributed by atoms with E-state index in [4.69, 9.17) is 14.2 Å². The molecule has 0 amide bonds. The third-order valence-electron chi connectivity index (χ3n) is 5.41. The van der Waals surface area contributed by atoms with E-state index in [2.05, 4.69) is 20.8 Å². The molecule has 0 saturated carbocycles. The molecule has 1 fully saturated rings. The van der Waals surface area contributed by atoms with E-state index < -0.39 is 10.0 Å². The second kappa shape index (κ2) is 7.54. The summed E-state index contributed by atoms with van der Waals surface area (Å²) in [5.41, 5.74) is 1.11. The number of ether oxygens (including phenoxy) is 3. The van der Waals surface area contributed by atoms with Crippen LogP contribution in [0.25, 0.3) is 0 Å². The summed E-state index contributed by atoms with van der Waals surface area (Å²) in [6.07, 6.45) is 1.27. The highest BCUT2D eigenvalue weighted by atomic mass is 32.2. The van der Waals surface area contributed by atoms with Crippen LogP contribution in [0.5, 0.6) is 17.2 Å².